The summed E-state index contributed by atoms with van der Waals surface area (Å²) in [5, 5.41) is 34.0. The van der Waals surface area contributed by atoms with Crippen LogP contribution in [-0.2, 0) is 42.9 Å². The predicted molar refractivity (Wildman–Crippen MR) is 208 cm³/mol. The Morgan fingerprint density at radius 2 is 1.61 bits per heavy atom. The largest absolute Gasteiger partial charge is 0.456 e. The molecule has 0 aromatic heterocycles. The van der Waals surface area contributed by atoms with Gasteiger partial charge in [-0.2, -0.15) is 0 Å². The standard InChI is InChI=1S/C43H67NO12/c1-10-12-30-18-24(2)17-25(3)19-36(53-8)39-37(54-9)21-27(5)43(51,56-39)40(48)41(49)44-16-11-13-31(44)42(50)55-38(28(6)33(46)23-34(30)47)26(4)20-29-14-15-32(45)35(22-29)52-7/h10,18,20,25,27-33,35-39,45-46,51H,1,11-17,19,21-23H2,2-9H3/b24-18-,26-20+/t25-,27+,28+,29-,30+,31-,32+,33-,35+,36-,37-,38+,39+,43+/m0/s1. The van der Waals surface area contributed by atoms with Crippen LogP contribution in [0.25, 0.3) is 0 Å². The van der Waals surface area contributed by atoms with Crippen molar-refractivity contribution in [2.24, 2.45) is 29.6 Å². The Bertz CT molecular complexity index is 1460. The molecule has 2 bridgehead atoms. The summed E-state index contributed by atoms with van der Waals surface area (Å²) >= 11 is 0. The second kappa shape index (κ2) is 20.3. The first kappa shape index (κ1) is 45.9. The van der Waals surface area contributed by atoms with Crippen molar-refractivity contribution in [1.29, 1.82) is 0 Å². The van der Waals surface area contributed by atoms with Crippen molar-refractivity contribution in [3.8, 4) is 0 Å². The topological polar surface area (TPSA) is 178 Å². The number of carbonyl (C=O) groups is 4. The molecular weight excluding hydrogens is 722 g/mol. The predicted octanol–water partition coefficient (Wildman–Crippen LogP) is 4.25. The highest BCUT2D eigenvalue weighted by Crippen LogP contribution is 2.39. The zero-order chi connectivity index (χ0) is 41.5. The molecule has 3 aliphatic heterocycles. The van der Waals surface area contributed by atoms with Crippen LogP contribution in [0.15, 0.2) is 36.0 Å². The summed E-state index contributed by atoms with van der Waals surface area (Å²) in [5.74, 6) is -7.76. The number of ketones is 2. The van der Waals surface area contributed by atoms with Crippen molar-refractivity contribution in [1.82, 2.24) is 4.90 Å². The van der Waals surface area contributed by atoms with Crippen LogP contribution in [0.5, 0.6) is 0 Å². The summed E-state index contributed by atoms with van der Waals surface area (Å²) in [6.45, 7) is 13.1. The molecule has 1 aliphatic carbocycles. The van der Waals surface area contributed by atoms with Gasteiger partial charge in [-0.05, 0) is 89.0 Å². The van der Waals surface area contributed by atoms with Crippen LogP contribution in [0, 0.1) is 29.6 Å². The lowest BCUT2D eigenvalue weighted by molar-refractivity contribution is -0.302. The van der Waals surface area contributed by atoms with E-state index < -0.39 is 83.9 Å². The number of fused-ring (bicyclic) bond motifs is 3. The van der Waals surface area contributed by atoms with Gasteiger partial charge in [-0.3, -0.25) is 14.4 Å². The van der Waals surface area contributed by atoms with Gasteiger partial charge in [0.25, 0.3) is 11.7 Å². The van der Waals surface area contributed by atoms with E-state index in [-0.39, 0.29) is 49.5 Å². The lowest BCUT2D eigenvalue weighted by atomic mass is 9.81. The average Bonchev–Trinajstić information content (AvgIpc) is 3.66. The Morgan fingerprint density at radius 1 is 0.946 bits per heavy atom. The fourth-order valence-electron chi connectivity index (χ4n) is 9.26. The van der Waals surface area contributed by atoms with Gasteiger partial charge in [0.15, 0.2) is 0 Å². The number of aliphatic hydroxyl groups is 3. The zero-order valence-electron chi connectivity index (χ0n) is 34.7. The number of amides is 1. The fourth-order valence-corrected chi connectivity index (χ4v) is 9.26. The number of Topliss-reactive ketones (excluding diaryl/α,β-unsaturated/α-hetero) is 2. The van der Waals surface area contributed by atoms with E-state index in [0.29, 0.717) is 50.5 Å². The van der Waals surface area contributed by atoms with E-state index in [0.717, 1.165) is 10.5 Å². The van der Waals surface area contributed by atoms with Crippen LogP contribution in [0.2, 0.25) is 0 Å². The number of hydrogen-bond acceptors (Lipinski definition) is 12. The Labute approximate surface area is 332 Å². The summed E-state index contributed by atoms with van der Waals surface area (Å²) in [5.41, 5.74) is 1.61. The minimum absolute atomic E-state index is 0.00899. The van der Waals surface area contributed by atoms with Crippen molar-refractivity contribution < 1.29 is 58.2 Å². The number of methoxy groups -OCH3 is 3. The van der Waals surface area contributed by atoms with E-state index in [1.165, 1.54) is 14.2 Å². The molecule has 13 heteroatoms. The van der Waals surface area contributed by atoms with Crippen LogP contribution >= 0.6 is 0 Å². The highest BCUT2D eigenvalue weighted by molar-refractivity contribution is 6.39. The lowest BCUT2D eigenvalue weighted by Gasteiger charge is -2.46. The maximum atomic E-state index is 14.2. The normalized spacial score (nSPS) is 41.3. The van der Waals surface area contributed by atoms with Crippen LogP contribution < -0.4 is 0 Å². The molecule has 3 N–H and O–H groups in total. The van der Waals surface area contributed by atoms with Gasteiger partial charge in [0.2, 0.25) is 5.79 Å². The SMILES string of the molecule is C=CC[C@@H]1/C=C(/C)C[C@H](C)C[C@H](OC)[C@H]2O[C@@](O)(C(=O)C(=O)N3CCC[C@H]3C(=O)O[C@H](/C(C)=C/[C@@H]3CC[C@@H](O)[C@H](OC)C3)[C@H](C)[C@@H](O)CC1=O)[C@H](C)C[C@@H]2OC. The third-order valence-electron chi connectivity index (χ3n) is 12.6. The molecule has 4 aliphatic rings. The van der Waals surface area contributed by atoms with Crippen LogP contribution in [0.1, 0.15) is 98.8 Å². The minimum atomic E-state index is -2.51. The number of cyclic esters (lactones) is 1. The van der Waals surface area contributed by atoms with E-state index >= 15 is 0 Å². The minimum Gasteiger partial charge on any atom is -0.456 e. The molecule has 316 valence electrons. The van der Waals surface area contributed by atoms with Gasteiger partial charge in [0.05, 0.1) is 30.5 Å². The molecule has 0 spiro atoms. The highest BCUT2D eigenvalue weighted by Gasteiger charge is 2.57. The number of aliphatic hydroxyl groups excluding tert-OH is 2. The molecule has 4 rings (SSSR count). The van der Waals surface area contributed by atoms with Crippen molar-refractivity contribution in [2.45, 2.75) is 153 Å². The van der Waals surface area contributed by atoms with Crippen molar-refractivity contribution in [3.63, 3.8) is 0 Å². The van der Waals surface area contributed by atoms with Crippen LogP contribution in [0.3, 0.4) is 0 Å². The monoisotopic (exact) mass is 789 g/mol. The second-order valence-electron chi connectivity index (χ2n) is 16.9. The quantitative estimate of drug-likeness (QED) is 0.190. The number of hydrogen-bond donors (Lipinski definition) is 3. The van der Waals surface area contributed by atoms with Gasteiger partial charge in [-0.1, -0.05) is 44.6 Å². The molecule has 13 nitrogen and oxygen atoms in total. The van der Waals surface area contributed by atoms with Gasteiger partial charge in [0.1, 0.15) is 24.0 Å². The van der Waals surface area contributed by atoms with Crippen molar-refractivity contribution in [2.75, 3.05) is 27.9 Å². The lowest BCUT2D eigenvalue weighted by Crippen LogP contribution is -2.63. The summed E-state index contributed by atoms with van der Waals surface area (Å²) < 4.78 is 29.6. The van der Waals surface area contributed by atoms with E-state index in [9.17, 15) is 34.5 Å². The number of nitrogens with zero attached hydrogens (tertiary/aromatic N) is 1. The van der Waals surface area contributed by atoms with E-state index in [2.05, 4.69) is 6.58 Å². The first-order valence-corrected chi connectivity index (χ1v) is 20.4. The van der Waals surface area contributed by atoms with Gasteiger partial charge in [-0.15, -0.1) is 6.58 Å². The Hall–Kier alpha value is -2.78. The molecule has 2 saturated heterocycles. The molecule has 14 atom stereocenters. The number of esters is 1. The zero-order valence-corrected chi connectivity index (χ0v) is 34.7. The summed E-state index contributed by atoms with van der Waals surface area (Å²) in [6.07, 6.45) is 4.23. The van der Waals surface area contributed by atoms with E-state index in [1.54, 1.807) is 34.0 Å². The molecule has 0 aromatic carbocycles. The Balaban J connectivity index is 1.76. The third-order valence-corrected chi connectivity index (χ3v) is 12.6. The third kappa shape index (κ3) is 10.6. The van der Waals surface area contributed by atoms with E-state index in [1.807, 2.05) is 26.0 Å². The molecule has 0 unspecified atom stereocenters. The maximum absolute atomic E-state index is 14.2. The second-order valence-corrected chi connectivity index (χ2v) is 16.9. The average molecular weight is 790 g/mol. The number of carbonyl (C=O) groups excluding carboxylic acids is 4. The summed E-state index contributed by atoms with van der Waals surface area (Å²) in [4.78, 5) is 57.3. The molecule has 0 aromatic rings. The Morgan fingerprint density at radius 3 is 2.25 bits per heavy atom. The van der Waals surface area contributed by atoms with Gasteiger partial charge < -0.3 is 43.9 Å². The molecule has 1 saturated carbocycles. The molecule has 1 amide bonds. The number of rotatable bonds is 7. The maximum Gasteiger partial charge on any atom is 0.329 e. The first-order valence-electron chi connectivity index (χ1n) is 20.4. The fraction of sp³-hybridized carbons (Fsp3) is 0.767. The van der Waals surface area contributed by atoms with E-state index in [4.69, 9.17) is 23.7 Å². The van der Waals surface area contributed by atoms with Crippen LogP contribution in [-0.4, -0.2) is 126 Å². The van der Waals surface area contributed by atoms with Crippen molar-refractivity contribution >= 4 is 23.4 Å². The van der Waals surface area contributed by atoms with Crippen LogP contribution in [0.4, 0.5) is 0 Å². The van der Waals surface area contributed by atoms with Crippen molar-refractivity contribution in [3.05, 3.63) is 36.0 Å². The van der Waals surface area contributed by atoms with Gasteiger partial charge >= 0.3 is 5.97 Å². The molecule has 0 radical (unpaired) electrons. The molecule has 56 heavy (non-hydrogen) atoms. The first-order chi connectivity index (χ1) is 26.5. The number of allylic oxidation sites excluding steroid dienone is 4. The Kier molecular flexibility index (Phi) is 16.6. The molecular formula is C43H67NO12. The highest BCUT2D eigenvalue weighted by atomic mass is 16.7. The van der Waals surface area contributed by atoms with Gasteiger partial charge in [-0.25, -0.2) is 4.79 Å². The molecule has 3 fully saturated rings. The van der Waals surface area contributed by atoms with Gasteiger partial charge in [0, 0.05) is 52.0 Å². The smallest absolute Gasteiger partial charge is 0.329 e. The summed E-state index contributed by atoms with van der Waals surface area (Å²) in [7, 11) is 4.60. The summed E-state index contributed by atoms with van der Waals surface area (Å²) in [6, 6.07) is -1.13. The number of ether oxygens (including phenoxy) is 5. The molecule has 3 heterocycles.